The van der Waals surface area contributed by atoms with Crippen LogP contribution in [0.15, 0.2) is 72.8 Å². The summed E-state index contributed by atoms with van der Waals surface area (Å²) >= 11 is 0. The lowest BCUT2D eigenvalue weighted by Crippen LogP contribution is -2.39. The number of carbonyl (C=O) groups is 2. The highest BCUT2D eigenvalue weighted by Crippen LogP contribution is 2.22. The number of imidazole rings is 1. The molecule has 0 spiro atoms. The summed E-state index contributed by atoms with van der Waals surface area (Å²) in [5.41, 5.74) is 4.89. The number of hydrogen-bond acceptors (Lipinski definition) is 4. The molecule has 0 saturated carbocycles. The summed E-state index contributed by atoms with van der Waals surface area (Å²) in [6, 6.07) is 23.8. The fourth-order valence-electron chi connectivity index (χ4n) is 4.89. The van der Waals surface area contributed by atoms with E-state index in [-0.39, 0.29) is 31.0 Å². The Morgan fingerprint density at radius 1 is 0.950 bits per heavy atom. The van der Waals surface area contributed by atoms with Gasteiger partial charge in [-0.15, -0.1) is 0 Å². The summed E-state index contributed by atoms with van der Waals surface area (Å²) in [4.78, 5) is 32.5. The minimum atomic E-state index is -0.116. The lowest BCUT2D eigenvalue weighted by atomic mass is 10.1. The van der Waals surface area contributed by atoms with E-state index < -0.39 is 0 Å². The molecule has 1 N–H and O–H groups in total. The molecule has 0 fully saturated rings. The summed E-state index contributed by atoms with van der Waals surface area (Å²) in [7, 11) is 0. The molecule has 7 nitrogen and oxygen atoms in total. The van der Waals surface area contributed by atoms with Crippen molar-refractivity contribution < 1.29 is 14.3 Å². The molecular weight excluding hydrogens is 500 g/mol. The maximum atomic E-state index is 13.5. The van der Waals surface area contributed by atoms with Gasteiger partial charge in [0.15, 0.2) is 6.61 Å². The first-order valence-corrected chi connectivity index (χ1v) is 14.1. The first-order valence-electron chi connectivity index (χ1n) is 14.1. The molecule has 4 aromatic rings. The minimum Gasteiger partial charge on any atom is -0.483 e. The van der Waals surface area contributed by atoms with Gasteiger partial charge in [0.1, 0.15) is 18.1 Å². The molecule has 0 aliphatic heterocycles. The highest BCUT2D eigenvalue weighted by atomic mass is 16.5. The number of carbonyl (C=O) groups excluding carboxylic acids is 2. The number of ether oxygens (including phenoxy) is 1. The number of benzene rings is 3. The van der Waals surface area contributed by atoms with E-state index in [0.29, 0.717) is 6.54 Å². The molecule has 1 heterocycles. The van der Waals surface area contributed by atoms with E-state index in [4.69, 9.17) is 9.72 Å². The summed E-state index contributed by atoms with van der Waals surface area (Å²) in [5.74, 6) is 1.58. The third kappa shape index (κ3) is 7.50. The molecule has 0 bridgehead atoms. The average Bonchev–Trinajstić information content (AvgIpc) is 3.28. The normalized spacial score (nSPS) is 11.1. The number of nitrogens with one attached hydrogen (secondary N) is 1. The Hall–Kier alpha value is -4.13. The summed E-state index contributed by atoms with van der Waals surface area (Å²) < 4.78 is 7.75. The molecule has 0 radical (unpaired) electrons. The molecule has 2 amide bonds. The van der Waals surface area contributed by atoms with Crippen LogP contribution in [0.1, 0.15) is 50.1 Å². The number of fused-ring (bicyclic) bond motifs is 1. The van der Waals surface area contributed by atoms with Crippen LogP contribution in [0.25, 0.3) is 11.0 Å². The third-order valence-corrected chi connectivity index (χ3v) is 6.95. The van der Waals surface area contributed by atoms with Crippen molar-refractivity contribution in [1.82, 2.24) is 14.9 Å². The number of anilines is 1. The molecule has 210 valence electrons. The van der Waals surface area contributed by atoms with Gasteiger partial charge in [-0.05, 0) is 82.0 Å². The number of hydrogen-bond donors (Lipinski definition) is 1. The highest BCUT2D eigenvalue weighted by Gasteiger charge is 2.21. The topological polar surface area (TPSA) is 76.5 Å². The van der Waals surface area contributed by atoms with Crippen LogP contribution in [-0.4, -0.2) is 40.6 Å². The van der Waals surface area contributed by atoms with Gasteiger partial charge in [-0.2, -0.15) is 0 Å². The van der Waals surface area contributed by atoms with Crippen molar-refractivity contribution in [3.63, 3.8) is 0 Å². The van der Waals surface area contributed by atoms with Gasteiger partial charge in [0.2, 0.25) is 5.91 Å². The Morgan fingerprint density at radius 2 is 1.70 bits per heavy atom. The first kappa shape index (κ1) is 28.9. The SMILES string of the molecule is Cc1ccc(C)c(OCC(=O)NCCCCCc2nc3ccccc3n2CC(=O)N(c2ccccc2)C(C)C)c1. The third-order valence-electron chi connectivity index (χ3n) is 6.95. The summed E-state index contributed by atoms with van der Waals surface area (Å²) in [6.45, 7) is 8.89. The number of unbranched alkanes of at least 4 members (excludes halogenated alkanes) is 2. The van der Waals surface area contributed by atoms with Crippen molar-refractivity contribution in [3.05, 3.63) is 89.7 Å². The van der Waals surface area contributed by atoms with Gasteiger partial charge in [-0.25, -0.2) is 4.98 Å². The van der Waals surface area contributed by atoms with Gasteiger partial charge in [-0.1, -0.05) is 48.9 Å². The lowest BCUT2D eigenvalue weighted by Gasteiger charge is -2.27. The molecule has 3 aromatic carbocycles. The van der Waals surface area contributed by atoms with Gasteiger partial charge >= 0.3 is 0 Å². The van der Waals surface area contributed by atoms with E-state index in [0.717, 1.165) is 65.1 Å². The van der Waals surface area contributed by atoms with Crippen LogP contribution < -0.4 is 15.0 Å². The quantitative estimate of drug-likeness (QED) is 0.211. The van der Waals surface area contributed by atoms with Crippen LogP contribution in [-0.2, 0) is 22.6 Å². The number of rotatable bonds is 13. The fraction of sp³-hybridized carbons (Fsp3) is 0.364. The minimum absolute atomic E-state index is 0.0126. The van der Waals surface area contributed by atoms with Crippen molar-refractivity contribution in [2.75, 3.05) is 18.1 Å². The Kier molecular flexibility index (Phi) is 9.95. The van der Waals surface area contributed by atoms with Crippen molar-refractivity contribution >= 4 is 28.5 Å². The largest absolute Gasteiger partial charge is 0.483 e. The highest BCUT2D eigenvalue weighted by molar-refractivity contribution is 5.94. The Labute approximate surface area is 237 Å². The van der Waals surface area contributed by atoms with Gasteiger partial charge in [0, 0.05) is 24.7 Å². The van der Waals surface area contributed by atoms with Gasteiger partial charge < -0.3 is 19.5 Å². The molecule has 0 aliphatic carbocycles. The molecule has 40 heavy (non-hydrogen) atoms. The molecule has 0 aliphatic rings. The van der Waals surface area contributed by atoms with E-state index >= 15 is 0 Å². The second kappa shape index (κ2) is 13.8. The predicted octanol–water partition coefficient (Wildman–Crippen LogP) is 6.00. The molecule has 0 atom stereocenters. The van der Waals surface area contributed by atoms with Gasteiger partial charge in [-0.3, -0.25) is 9.59 Å². The van der Waals surface area contributed by atoms with Crippen molar-refractivity contribution in [2.24, 2.45) is 0 Å². The van der Waals surface area contributed by atoms with Crippen LogP contribution >= 0.6 is 0 Å². The molecule has 4 rings (SSSR count). The summed E-state index contributed by atoms with van der Waals surface area (Å²) in [6.07, 6.45) is 3.48. The van der Waals surface area contributed by atoms with Crippen LogP contribution in [0.4, 0.5) is 5.69 Å². The molecule has 0 saturated heterocycles. The number of nitrogens with zero attached hydrogens (tertiary/aromatic N) is 3. The van der Waals surface area contributed by atoms with Crippen LogP contribution in [0, 0.1) is 13.8 Å². The molecule has 7 heteroatoms. The van der Waals surface area contributed by atoms with Crippen molar-refractivity contribution in [3.8, 4) is 5.75 Å². The zero-order chi connectivity index (χ0) is 28.5. The van der Waals surface area contributed by atoms with Crippen molar-refractivity contribution in [1.29, 1.82) is 0 Å². The van der Waals surface area contributed by atoms with Crippen LogP contribution in [0.5, 0.6) is 5.75 Å². The smallest absolute Gasteiger partial charge is 0.257 e. The fourth-order valence-corrected chi connectivity index (χ4v) is 4.89. The second-order valence-corrected chi connectivity index (χ2v) is 10.5. The van der Waals surface area contributed by atoms with Crippen LogP contribution in [0.2, 0.25) is 0 Å². The molecule has 0 unspecified atom stereocenters. The number of aryl methyl sites for hydroxylation is 3. The van der Waals surface area contributed by atoms with E-state index in [1.165, 1.54) is 0 Å². The standard InChI is InChI=1S/C33H40N4O3/c1-24(2)37(27-13-7-5-8-14-27)33(39)22-36-29-16-11-10-15-28(29)35-31(36)17-9-6-12-20-34-32(38)23-40-30-21-25(3)18-19-26(30)4/h5,7-8,10-11,13-16,18-19,21,24H,6,9,12,17,20,22-23H2,1-4H3,(H,34,38). The maximum absolute atomic E-state index is 13.5. The Balaban J connectivity index is 1.29. The Morgan fingerprint density at radius 3 is 2.48 bits per heavy atom. The average molecular weight is 541 g/mol. The number of para-hydroxylation sites is 3. The van der Waals surface area contributed by atoms with E-state index in [9.17, 15) is 9.59 Å². The van der Waals surface area contributed by atoms with E-state index in [2.05, 4.69) is 9.88 Å². The Bertz CT molecular complexity index is 1430. The number of aromatic nitrogens is 2. The van der Waals surface area contributed by atoms with E-state index in [1.54, 1.807) is 0 Å². The first-order chi connectivity index (χ1) is 19.3. The lowest BCUT2D eigenvalue weighted by molar-refractivity contribution is -0.123. The van der Waals surface area contributed by atoms with E-state index in [1.807, 2.05) is 105 Å². The molecular formula is C33H40N4O3. The zero-order valence-corrected chi connectivity index (χ0v) is 24.0. The number of amides is 2. The van der Waals surface area contributed by atoms with Crippen molar-refractivity contribution in [2.45, 2.75) is 66.0 Å². The van der Waals surface area contributed by atoms with Gasteiger partial charge in [0.05, 0.1) is 11.0 Å². The zero-order valence-electron chi connectivity index (χ0n) is 24.0. The molecule has 1 aromatic heterocycles. The monoisotopic (exact) mass is 540 g/mol. The summed E-state index contributed by atoms with van der Waals surface area (Å²) in [5, 5.41) is 2.95. The second-order valence-electron chi connectivity index (χ2n) is 10.5. The predicted molar refractivity (Wildman–Crippen MR) is 161 cm³/mol. The van der Waals surface area contributed by atoms with Crippen LogP contribution in [0.3, 0.4) is 0 Å². The maximum Gasteiger partial charge on any atom is 0.257 e. The van der Waals surface area contributed by atoms with Gasteiger partial charge in [0.25, 0.3) is 5.91 Å².